The fourth-order valence-electron chi connectivity index (χ4n) is 3.28. The Hall–Kier alpha value is -3.08. The van der Waals surface area contributed by atoms with E-state index in [0.717, 1.165) is 17.1 Å². The second-order valence-corrected chi connectivity index (χ2v) is 7.12. The highest BCUT2D eigenvalue weighted by atomic mass is 16.7. The molecule has 0 bridgehead atoms. The van der Waals surface area contributed by atoms with Crippen molar-refractivity contribution in [1.82, 2.24) is 29.8 Å². The quantitative estimate of drug-likeness (QED) is 0.442. The van der Waals surface area contributed by atoms with Gasteiger partial charge in [0.2, 0.25) is 12.7 Å². The van der Waals surface area contributed by atoms with Crippen LogP contribution in [-0.2, 0) is 11.3 Å². The number of aliphatic hydroxyl groups is 1. The van der Waals surface area contributed by atoms with Crippen LogP contribution < -0.4 is 14.8 Å². The Kier molecular flexibility index (Phi) is 7.03. The van der Waals surface area contributed by atoms with Gasteiger partial charge < -0.3 is 24.6 Å². The number of nitrogens with zero attached hydrogens (tertiary/aromatic N) is 5. The maximum Gasteiger partial charge on any atom is 0.238 e. The maximum atomic E-state index is 9.29. The first-order valence-electron chi connectivity index (χ1n) is 10.2. The van der Waals surface area contributed by atoms with Crippen molar-refractivity contribution >= 4 is 0 Å². The van der Waals surface area contributed by atoms with Crippen LogP contribution in [0.25, 0.3) is 5.95 Å². The average Bonchev–Trinajstić information content (AvgIpc) is 3.47. The number of rotatable bonds is 11. The zero-order valence-corrected chi connectivity index (χ0v) is 17.4. The third-order valence-electron chi connectivity index (χ3n) is 4.79. The van der Waals surface area contributed by atoms with Gasteiger partial charge in [-0.15, -0.1) is 0 Å². The molecule has 0 aliphatic carbocycles. The molecule has 0 fully saturated rings. The number of benzene rings is 1. The molecule has 3 aromatic rings. The molecule has 0 amide bonds. The number of fused-ring (bicyclic) bond motifs is 1. The number of ether oxygens (including phenoxy) is 3. The van der Waals surface area contributed by atoms with E-state index >= 15 is 0 Å². The van der Waals surface area contributed by atoms with Gasteiger partial charge in [0.15, 0.2) is 17.3 Å². The molecular weight excluding hydrogens is 400 g/mol. The summed E-state index contributed by atoms with van der Waals surface area (Å²) in [5, 5.41) is 12.7. The van der Waals surface area contributed by atoms with Crippen LogP contribution in [0.1, 0.15) is 36.1 Å². The number of nitrogens with one attached hydrogen (secondary N) is 1. The first-order chi connectivity index (χ1) is 15.2. The Morgan fingerprint density at radius 1 is 1.23 bits per heavy atom. The predicted octanol–water partition coefficient (Wildman–Crippen LogP) is 1.71. The van der Waals surface area contributed by atoms with Crippen LogP contribution in [0.15, 0.2) is 36.9 Å². The molecule has 0 saturated heterocycles. The van der Waals surface area contributed by atoms with Crippen LogP contribution in [-0.4, -0.2) is 56.2 Å². The monoisotopic (exact) mass is 426 g/mol. The lowest BCUT2D eigenvalue weighted by atomic mass is 10.1. The minimum absolute atomic E-state index is 0.108. The first kappa shape index (κ1) is 21.2. The van der Waals surface area contributed by atoms with E-state index in [0.29, 0.717) is 50.2 Å². The average molecular weight is 426 g/mol. The van der Waals surface area contributed by atoms with Gasteiger partial charge in [-0.25, -0.2) is 9.97 Å². The largest absolute Gasteiger partial charge is 0.454 e. The van der Waals surface area contributed by atoms with Gasteiger partial charge in [0.25, 0.3) is 0 Å². The molecule has 0 saturated carbocycles. The highest BCUT2D eigenvalue weighted by molar-refractivity contribution is 5.44. The van der Waals surface area contributed by atoms with E-state index in [-0.39, 0.29) is 19.4 Å². The second kappa shape index (κ2) is 10.3. The zero-order valence-electron chi connectivity index (χ0n) is 17.4. The van der Waals surface area contributed by atoms with Crippen LogP contribution in [0.4, 0.5) is 0 Å². The highest BCUT2D eigenvalue weighted by Crippen LogP contribution is 2.32. The Morgan fingerprint density at radius 3 is 2.97 bits per heavy atom. The summed E-state index contributed by atoms with van der Waals surface area (Å²) in [5.74, 6) is 3.31. The Bertz CT molecular complexity index is 982. The van der Waals surface area contributed by atoms with Crippen molar-refractivity contribution in [2.45, 2.75) is 32.4 Å². The van der Waals surface area contributed by atoms with Crippen molar-refractivity contribution in [1.29, 1.82) is 0 Å². The third kappa shape index (κ3) is 5.54. The molecule has 164 valence electrons. The number of aromatic nitrogens is 5. The van der Waals surface area contributed by atoms with Gasteiger partial charge >= 0.3 is 0 Å². The summed E-state index contributed by atoms with van der Waals surface area (Å²) in [4.78, 5) is 17.5. The van der Waals surface area contributed by atoms with E-state index in [4.69, 9.17) is 14.2 Å². The highest BCUT2D eigenvalue weighted by Gasteiger charge is 2.17. The summed E-state index contributed by atoms with van der Waals surface area (Å²) in [7, 11) is 0. The fraction of sp³-hybridized carbons (Fsp3) is 0.429. The third-order valence-corrected chi connectivity index (χ3v) is 4.79. The van der Waals surface area contributed by atoms with Crippen molar-refractivity contribution in [3.63, 3.8) is 0 Å². The predicted molar refractivity (Wildman–Crippen MR) is 111 cm³/mol. The van der Waals surface area contributed by atoms with Gasteiger partial charge in [-0.2, -0.15) is 9.97 Å². The molecule has 10 nitrogen and oxygen atoms in total. The summed E-state index contributed by atoms with van der Waals surface area (Å²) < 4.78 is 18.3. The number of aliphatic hydroxyl groups excluding tert-OH is 1. The molecule has 1 aliphatic rings. The van der Waals surface area contributed by atoms with Gasteiger partial charge in [-0.1, -0.05) is 6.07 Å². The molecule has 3 heterocycles. The van der Waals surface area contributed by atoms with E-state index in [2.05, 4.69) is 25.3 Å². The lowest BCUT2D eigenvalue weighted by molar-refractivity contribution is 0.119. The molecule has 10 heteroatoms. The van der Waals surface area contributed by atoms with Crippen molar-refractivity contribution in [2.75, 3.05) is 26.6 Å². The molecule has 4 rings (SSSR count). The van der Waals surface area contributed by atoms with Gasteiger partial charge in [0.1, 0.15) is 12.2 Å². The lowest BCUT2D eigenvalue weighted by Crippen LogP contribution is -2.28. The van der Waals surface area contributed by atoms with Gasteiger partial charge in [0, 0.05) is 25.5 Å². The standard InChI is InChI=1S/C21H26N6O4/c1-15-24-20(26-21(25-15)27-8-6-22-13-27)17(3-2-9-28)23-7-10-29-12-16-4-5-18-19(11-16)31-14-30-18/h4-6,8,11,13,17,23,28H,2-3,7,9-10,12,14H2,1H3. The smallest absolute Gasteiger partial charge is 0.238 e. The van der Waals surface area contributed by atoms with Gasteiger partial charge in [-0.05, 0) is 37.5 Å². The molecule has 1 atom stereocenters. The molecule has 1 aliphatic heterocycles. The molecule has 2 N–H and O–H groups in total. The molecule has 1 aromatic carbocycles. The number of hydrogen-bond acceptors (Lipinski definition) is 9. The van der Waals surface area contributed by atoms with E-state index in [1.165, 1.54) is 0 Å². The van der Waals surface area contributed by atoms with Crippen LogP contribution in [0.5, 0.6) is 11.5 Å². The first-order valence-corrected chi connectivity index (χ1v) is 10.2. The van der Waals surface area contributed by atoms with Crippen LogP contribution >= 0.6 is 0 Å². The second-order valence-electron chi connectivity index (χ2n) is 7.12. The SMILES string of the molecule is Cc1nc(C(CCCO)NCCOCc2ccc3c(c2)OCO3)nc(-n2ccnc2)n1. The Balaban J connectivity index is 1.33. The number of hydrogen-bond donors (Lipinski definition) is 2. The van der Waals surface area contributed by atoms with Crippen LogP contribution in [0.2, 0.25) is 0 Å². The van der Waals surface area contributed by atoms with Crippen molar-refractivity contribution in [2.24, 2.45) is 0 Å². The van der Waals surface area contributed by atoms with Crippen molar-refractivity contribution in [3.8, 4) is 17.4 Å². The van der Waals surface area contributed by atoms with Crippen LogP contribution in [0, 0.1) is 6.92 Å². The Morgan fingerprint density at radius 2 is 2.13 bits per heavy atom. The topological polar surface area (TPSA) is 116 Å². The van der Waals surface area contributed by atoms with Crippen LogP contribution in [0.3, 0.4) is 0 Å². The normalized spacial score (nSPS) is 13.5. The van der Waals surface area contributed by atoms with E-state index in [1.54, 1.807) is 23.3 Å². The van der Waals surface area contributed by atoms with Crippen molar-refractivity contribution < 1.29 is 19.3 Å². The minimum Gasteiger partial charge on any atom is -0.454 e. The lowest BCUT2D eigenvalue weighted by Gasteiger charge is -2.18. The van der Waals surface area contributed by atoms with Gasteiger partial charge in [-0.3, -0.25) is 4.57 Å². The van der Waals surface area contributed by atoms with Gasteiger partial charge in [0.05, 0.1) is 19.3 Å². The van der Waals surface area contributed by atoms with E-state index in [9.17, 15) is 5.11 Å². The maximum absolute atomic E-state index is 9.29. The summed E-state index contributed by atoms with van der Waals surface area (Å²) in [5.41, 5.74) is 1.03. The summed E-state index contributed by atoms with van der Waals surface area (Å²) >= 11 is 0. The van der Waals surface area contributed by atoms with E-state index < -0.39 is 0 Å². The Labute approximate surface area is 180 Å². The molecule has 0 spiro atoms. The van der Waals surface area contributed by atoms with Crippen molar-refractivity contribution in [3.05, 3.63) is 54.1 Å². The molecule has 1 unspecified atom stereocenters. The number of aryl methyl sites for hydroxylation is 1. The summed E-state index contributed by atoms with van der Waals surface area (Å²) in [6, 6.07) is 5.68. The minimum atomic E-state index is -0.120. The van der Waals surface area contributed by atoms with E-state index in [1.807, 2.05) is 25.1 Å². The number of imidazole rings is 1. The molecule has 0 radical (unpaired) electrons. The zero-order chi connectivity index (χ0) is 21.5. The molecular formula is C21H26N6O4. The molecule has 31 heavy (non-hydrogen) atoms. The summed E-state index contributed by atoms with van der Waals surface area (Å²) in [6.45, 7) is 3.82. The fourth-order valence-corrected chi connectivity index (χ4v) is 3.28. The summed E-state index contributed by atoms with van der Waals surface area (Å²) in [6.07, 6.45) is 6.46. The molecule has 2 aromatic heterocycles.